The first-order valence-corrected chi connectivity index (χ1v) is 6.27. The van der Waals surface area contributed by atoms with Crippen molar-refractivity contribution >= 4 is 0 Å². The summed E-state index contributed by atoms with van der Waals surface area (Å²) in [4.78, 5) is 0. The molecule has 0 aliphatic heterocycles. The normalized spacial score (nSPS) is 13.9. The zero-order valence-electron chi connectivity index (χ0n) is 10.4. The number of hydrogen-bond acceptors (Lipinski definition) is 2. The first-order chi connectivity index (χ1) is 8.75. The van der Waals surface area contributed by atoms with E-state index >= 15 is 0 Å². The van der Waals surface area contributed by atoms with Crippen molar-refractivity contribution in [1.82, 2.24) is 0 Å². The second kappa shape index (κ2) is 4.46. The van der Waals surface area contributed by atoms with Crippen LogP contribution in [0.3, 0.4) is 0 Å². The van der Waals surface area contributed by atoms with E-state index in [1.165, 1.54) is 22.3 Å². The fourth-order valence-electron chi connectivity index (χ4n) is 2.47. The Labute approximate surface area is 107 Å². The van der Waals surface area contributed by atoms with Gasteiger partial charge in [0, 0.05) is 12.0 Å². The van der Waals surface area contributed by atoms with Gasteiger partial charge in [0.05, 0.1) is 6.10 Å². The molecule has 3 rings (SSSR count). The van der Waals surface area contributed by atoms with Crippen LogP contribution in [0.4, 0.5) is 0 Å². The van der Waals surface area contributed by atoms with Crippen LogP contribution in [0.15, 0.2) is 42.5 Å². The summed E-state index contributed by atoms with van der Waals surface area (Å²) in [5.41, 5.74) is 5.14. The molecule has 0 bridgehead atoms. The van der Waals surface area contributed by atoms with Crippen molar-refractivity contribution in [3.63, 3.8) is 0 Å². The molecule has 0 aromatic heterocycles. The van der Waals surface area contributed by atoms with Crippen LogP contribution in [0, 0.1) is 0 Å². The van der Waals surface area contributed by atoms with Crippen LogP contribution in [-0.4, -0.2) is 17.8 Å². The molecule has 1 unspecified atom stereocenters. The van der Waals surface area contributed by atoms with Gasteiger partial charge in [0.2, 0.25) is 0 Å². The van der Waals surface area contributed by atoms with Crippen LogP contribution in [0.1, 0.15) is 18.1 Å². The van der Waals surface area contributed by atoms with E-state index in [2.05, 4.69) is 30.3 Å². The quantitative estimate of drug-likeness (QED) is 0.762. The van der Waals surface area contributed by atoms with Gasteiger partial charge in [-0.15, -0.1) is 0 Å². The van der Waals surface area contributed by atoms with E-state index in [1.54, 1.807) is 6.92 Å². The Kier molecular flexibility index (Phi) is 2.80. The molecule has 1 atom stereocenters. The van der Waals surface area contributed by atoms with Crippen molar-refractivity contribution in [2.75, 3.05) is 6.61 Å². The largest absolute Gasteiger partial charge is 0.491 e. The smallest absolute Gasteiger partial charge is 0.123 e. The van der Waals surface area contributed by atoms with Gasteiger partial charge in [0.1, 0.15) is 12.4 Å². The van der Waals surface area contributed by atoms with Crippen LogP contribution in [0.5, 0.6) is 5.75 Å². The van der Waals surface area contributed by atoms with Gasteiger partial charge in [-0.3, -0.25) is 0 Å². The van der Waals surface area contributed by atoms with Crippen molar-refractivity contribution in [2.45, 2.75) is 19.4 Å². The Morgan fingerprint density at radius 2 is 1.89 bits per heavy atom. The topological polar surface area (TPSA) is 29.5 Å². The molecule has 92 valence electrons. The maximum absolute atomic E-state index is 9.31. The van der Waals surface area contributed by atoms with Gasteiger partial charge in [-0.25, -0.2) is 0 Å². The average Bonchev–Trinajstić information content (AvgIpc) is 2.75. The zero-order chi connectivity index (χ0) is 12.5. The first-order valence-electron chi connectivity index (χ1n) is 6.27. The summed E-state index contributed by atoms with van der Waals surface area (Å²) in [6, 6.07) is 14.6. The second-order valence-electron chi connectivity index (χ2n) is 4.78. The van der Waals surface area contributed by atoms with E-state index in [0.717, 1.165) is 12.2 Å². The summed E-state index contributed by atoms with van der Waals surface area (Å²) < 4.78 is 5.69. The summed E-state index contributed by atoms with van der Waals surface area (Å²) in [5, 5.41) is 9.31. The molecule has 0 fully saturated rings. The summed E-state index contributed by atoms with van der Waals surface area (Å²) in [5.74, 6) is 0.893. The molecule has 0 saturated heterocycles. The summed E-state index contributed by atoms with van der Waals surface area (Å²) in [7, 11) is 0. The van der Waals surface area contributed by atoms with Crippen LogP contribution < -0.4 is 4.74 Å². The number of aliphatic hydroxyl groups is 1. The van der Waals surface area contributed by atoms with Gasteiger partial charge < -0.3 is 9.84 Å². The third kappa shape index (κ3) is 1.89. The Bertz CT molecular complexity index is 573. The molecule has 0 saturated carbocycles. The Morgan fingerprint density at radius 1 is 1.11 bits per heavy atom. The summed E-state index contributed by atoms with van der Waals surface area (Å²) in [6.45, 7) is 2.07. The van der Waals surface area contributed by atoms with Gasteiger partial charge in [0.15, 0.2) is 0 Å². The molecule has 1 aliphatic carbocycles. The zero-order valence-corrected chi connectivity index (χ0v) is 10.4. The average molecular weight is 240 g/mol. The lowest BCUT2D eigenvalue weighted by molar-refractivity contribution is 0.122. The molecule has 0 radical (unpaired) electrons. The molecule has 0 spiro atoms. The molecule has 0 heterocycles. The Balaban J connectivity index is 1.98. The highest BCUT2D eigenvalue weighted by molar-refractivity contribution is 5.78. The highest BCUT2D eigenvalue weighted by Gasteiger charge is 2.21. The number of ether oxygens (including phenoxy) is 1. The van der Waals surface area contributed by atoms with Crippen molar-refractivity contribution in [1.29, 1.82) is 0 Å². The lowest BCUT2D eigenvalue weighted by atomic mass is 10.1. The van der Waals surface area contributed by atoms with E-state index in [4.69, 9.17) is 4.74 Å². The van der Waals surface area contributed by atoms with Crippen LogP contribution in [0.25, 0.3) is 11.1 Å². The molecule has 1 aliphatic rings. The molecule has 1 N–H and O–H groups in total. The molecule has 0 amide bonds. The standard InChI is InChI=1S/C16H16O2/c1-11(17)10-18-16-8-4-7-14-13-6-3-2-5-12(13)9-15(14)16/h2-8,11,17H,9-10H2,1H3. The van der Waals surface area contributed by atoms with E-state index in [0.29, 0.717) is 6.61 Å². The van der Waals surface area contributed by atoms with Crippen LogP contribution >= 0.6 is 0 Å². The minimum atomic E-state index is -0.440. The molecule has 18 heavy (non-hydrogen) atoms. The van der Waals surface area contributed by atoms with Crippen molar-refractivity contribution in [2.24, 2.45) is 0 Å². The molecule has 2 nitrogen and oxygen atoms in total. The molecular weight excluding hydrogens is 224 g/mol. The highest BCUT2D eigenvalue weighted by atomic mass is 16.5. The van der Waals surface area contributed by atoms with E-state index in [1.807, 2.05) is 12.1 Å². The second-order valence-corrected chi connectivity index (χ2v) is 4.78. The number of fused-ring (bicyclic) bond motifs is 3. The molecule has 2 heteroatoms. The first kappa shape index (κ1) is 11.3. The lowest BCUT2D eigenvalue weighted by Gasteiger charge is -2.12. The number of aliphatic hydroxyl groups excluding tert-OH is 1. The number of hydrogen-bond donors (Lipinski definition) is 1. The summed E-state index contributed by atoms with van der Waals surface area (Å²) >= 11 is 0. The predicted octanol–water partition coefficient (Wildman–Crippen LogP) is 3.02. The molecular formula is C16H16O2. The maximum Gasteiger partial charge on any atom is 0.123 e. The van der Waals surface area contributed by atoms with Gasteiger partial charge in [0.25, 0.3) is 0 Å². The summed E-state index contributed by atoms with van der Waals surface area (Å²) in [6.07, 6.45) is 0.478. The third-order valence-corrected chi connectivity index (χ3v) is 3.29. The number of rotatable bonds is 3. The predicted molar refractivity (Wildman–Crippen MR) is 71.9 cm³/mol. The van der Waals surface area contributed by atoms with Crippen molar-refractivity contribution < 1.29 is 9.84 Å². The SMILES string of the molecule is CC(O)COc1cccc2c1Cc1ccccc1-2. The molecule has 2 aromatic rings. The van der Waals surface area contributed by atoms with Gasteiger partial charge in [-0.1, -0.05) is 36.4 Å². The van der Waals surface area contributed by atoms with E-state index in [-0.39, 0.29) is 0 Å². The highest BCUT2D eigenvalue weighted by Crippen LogP contribution is 2.40. The fraction of sp³-hybridized carbons (Fsp3) is 0.250. The minimum absolute atomic E-state index is 0.340. The van der Waals surface area contributed by atoms with Gasteiger partial charge in [-0.2, -0.15) is 0 Å². The fourth-order valence-corrected chi connectivity index (χ4v) is 2.47. The maximum atomic E-state index is 9.31. The Hall–Kier alpha value is -1.80. The van der Waals surface area contributed by atoms with Crippen LogP contribution in [0.2, 0.25) is 0 Å². The molecule has 2 aromatic carbocycles. The monoisotopic (exact) mass is 240 g/mol. The van der Waals surface area contributed by atoms with Gasteiger partial charge >= 0.3 is 0 Å². The third-order valence-electron chi connectivity index (χ3n) is 3.29. The minimum Gasteiger partial charge on any atom is -0.491 e. The lowest BCUT2D eigenvalue weighted by Crippen LogP contribution is -2.13. The van der Waals surface area contributed by atoms with E-state index in [9.17, 15) is 5.11 Å². The van der Waals surface area contributed by atoms with E-state index < -0.39 is 6.10 Å². The van der Waals surface area contributed by atoms with Gasteiger partial charge in [-0.05, 0) is 29.7 Å². The van der Waals surface area contributed by atoms with Crippen LogP contribution in [-0.2, 0) is 6.42 Å². The van der Waals surface area contributed by atoms with Crippen molar-refractivity contribution in [3.05, 3.63) is 53.6 Å². The number of benzene rings is 2. The Morgan fingerprint density at radius 3 is 2.72 bits per heavy atom. The van der Waals surface area contributed by atoms with Crippen molar-refractivity contribution in [3.8, 4) is 16.9 Å².